The molecule has 1 aliphatic rings. The standard InChI is InChI=1S/C32H60O4/c1-4-6-8-10-12-13-14-15-17-19-21-25-28(24-20-18-16-11-9-7-5-2)36-31(35)32(3)27-23-22-26-29(32)30(33)34/h28-29H,4-27H2,1-3H3,(H,33,34). The third-order valence-corrected chi connectivity index (χ3v) is 8.51. The second-order valence-electron chi connectivity index (χ2n) is 11.8. The van der Waals surface area contributed by atoms with Crippen LogP contribution in [-0.2, 0) is 14.3 Å². The topological polar surface area (TPSA) is 63.6 Å². The van der Waals surface area contributed by atoms with E-state index in [2.05, 4.69) is 13.8 Å². The van der Waals surface area contributed by atoms with Gasteiger partial charge in [-0.05, 0) is 45.4 Å². The lowest BCUT2D eigenvalue weighted by Gasteiger charge is -2.37. The molecule has 0 amide bonds. The fraction of sp³-hybridized carbons (Fsp3) is 0.938. The Morgan fingerprint density at radius 3 is 1.56 bits per heavy atom. The van der Waals surface area contributed by atoms with E-state index < -0.39 is 17.3 Å². The molecule has 4 nitrogen and oxygen atoms in total. The highest BCUT2D eigenvalue weighted by Gasteiger charge is 2.48. The van der Waals surface area contributed by atoms with E-state index in [1.807, 2.05) is 6.92 Å². The smallest absolute Gasteiger partial charge is 0.312 e. The number of carbonyl (C=O) groups excluding carboxylic acids is 1. The predicted octanol–water partition coefficient (Wildman–Crippen LogP) is 10.0. The number of esters is 1. The Morgan fingerprint density at radius 2 is 1.14 bits per heavy atom. The maximum absolute atomic E-state index is 13.3. The van der Waals surface area contributed by atoms with Crippen LogP contribution in [0.15, 0.2) is 0 Å². The van der Waals surface area contributed by atoms with Crippen molar-refractivity contribution in [3.05, 3.63) is 0 Å². The average Bonchev–Trinajstić information content (AvgIpc) is 2.86. The second-order valence-corrected chi connectivity index (χ2v) is 11.8. The molecule has 0 spiro atoms. The highest BCUT2D eigenvalue weighted by Crippen LogP contribution is 2.42. The van der Waals surface area contributed by atoms with Crippen molar-refractivity contribution < 1.29 is 19.4 Å². The van der Waals surface area contributed by atoms with Crippen LogP contribution in [0.1, 0.15) is 175 Å². The third kappa shape index (κ3) is 14.0. The summed E-state index contributed by atoms with van der Waals surface area (Å²) in [5, 5.41) is 9.73. The maximum atomic E-state index is 13.3. The lowest BCUT2D eigenvalue weighted by molar-refractivity contribution is -0.174. The number of carboxylic acid groups (broad SMARTS) is 1. The molecule has 0 radical (unpaired) electrons. The predicted molar refractivity (Wildman–Crippen MR) is 151 cm³/mol. The molecule has 1 aliphatic carbocycles. The Labute approximate surface area is 223 Å². The summed E-state index contributed by atoms with van der Waals surface area (Å²) in [5.41, 5.74) is -0.875. The van der Waals surface area contributed by atoms with E-state index >= 15 is 0 Å². The summed E-state index contributed by atoms with van der Waals surface area (Å²) in [4.78, 5) is 25.1. The Kier molecular flexibility index (Phi) is 19.2. The quantitative estimate of drug-likeness (QED) is 0.110. The zero-order valence-corrected chi connectivity index (χ0v) is 24.3. The lowest BCUT2D eigenvalue weighted by atomic mass is 9.67. The summed E-state index contributed by atoms with van der Waals surface area (Å²) in [7, 11) is 0. The Hall–Kier alpha value is -1.06. The number of rotatable bonds is 23. The van der Waals surface area contributed by atoms with Crippen LogP contribution in [0, 0.1) is 11.3 Å². The average molecular weight is 509 g/mol. The van der Waals surface area contributed by atoms with E-state index in [1.165, 1.54) is 103 Å². The van der Waals surface area contributed by atoms with Gasteiger partial charge in [0.25, 0.3) is 0 Å². The van der Waals surface area contributed by atoms with E-state index in [0.29, 0.717) is 12.8 Å². The minimum absolute atomic E-state index is 0.0556. The molecule has 0 aromatic heterocycles. The van der Waals surface area contributed by atoms with Crippen LogP contribution in [0.5, 0.6) is 0 Å². The highest BCUT2D eigenvalue weighted by molar-refractivity contribution is 5.84. The van der Waals surface area contributed by atoms with Gasteiger partial charge in [-0.25, -0.2) is 0 Å². The summed E-state index contributed by atoms with van der Waals surface area (Å²) in [5.74, 6) is -1.71. The van der Waals surface area contributed by atoms with Crippen molar-refractivity contribution in [2.45, 2.75) is 181 Å². The molecule has 1 rings (SSSR count). The van der Waals surface area contributed by atoms with Gasteiger partial charge in [0, 0.05) is 0 Å². The van der Waals surface area contributed by atoms with Crippen LogP contribution >= 0.6 is 0 Å². The first kappa shape index (κ1) is 33.0. The van der Waals surface area contributed by atoms with Gasteiger partial charge in [0.1, 0.15) is 6.10 Å². The first-order valence-electron chi connectivity index (χ1n) is 15.9. The second kappa shape index (κ2) is 20.9. The monoisotopic (exact) mass is 508 g/mol. The largest absolute Gasteiger partial charge is 0.481 e. The molecule has 0 aliphatic heterocycles. The molecule has 0 aromatic rings. The number of unbranched alkanes of at least 4 members (excludes halogenated alkanes) is 16. The van der Waals surface area contributed by atoms with Gasteiger partial charge in [0.05, 0.1) is 11.3 Å². The minimum atomic E-state index is -0.875. The van der Waals surface area contributed by atoms with Gasteiger partial charge >= 0.3 is 11.9 Å². The van der Waals surface area contributed by atoms with Gasteiger partial charge < -0.3 is 9.84 Å². The Bertz CT molecular complexity index is 560. The molecular weight excluding hydrogens is 448 g/mol. The SMILES string of the molecule is CCCCCCCCCCCCCC(CCCCCCCCC)OC(=O)C1(C)CCCCC1C(=O)O. The molecular formula is C32H60O4. The minimum Gasteiger partial charge on any atom is -0.481 e. The summed E-state index contributed by atoms with van der Waals surface area (Å²) >= 11 is 0. The van der Waals surface area contributed by atoms with Crippen molar-refractivity contribution in [2.75, 3.05) is 0 Å². The third-order valence-electron chi connectivity index (χ3n) is 8.51. The molecule has 36 heavy (non-hydrogen) atoms. The number of hydrogen-bond acceptors (Lipinski definition) is 3. The number of hydrogen-bond donors (Lipinski definition) is 1. The van der Waals surface area contributed by atoms with E-state index in [1.54, 1.807) is 0 Å². The van der Waals surface area contributed by atoms with Crippen LogP contribution in [0.2, 0.25) is 0 Å². The molecule has 212 valence electrons. The van der Waals surface area contributed by atoms with Crippen molar-refractivity contribution in [2.24, 2.45) is 11.3 Å². The number of ether oxygens (including phenoxy) is 1. The molecule has 1 saturated carbocycles. The molecule has 4 heteroatoms. The van der Waals surface area contributed by atoms with Gasteiger partial charge in [-0.2, -0.15) is 0 Å². The van der Waals surface area contributed by atoms with Crippen LogP contribution in [0.25, 0.3) is 0 Å². The van der Waals surface area contributed by atoms with Crippen LogP contribution < -0.4 is 0 Å². The molecule has 1 N–H and O–H groups in total. The Balaban J connectivity index is 2.43. The van der Waals surface area contributed by atoms with Gasteiger partial charge in [-0.1, -0.05) is 129 Å². The van der Waals surface area contributed by atoms with Crippen molar-refractivity contribution in [3.63, 3.8) is 0 Å². The van der Waals surface area contributed by atoms with Gasteiger partial charge in [-0.3, -0.25) is 9.59 Å². The maximum Gasteiger partial charge on any atom is 0.312 e. The van der Waals surface area contributed by atoms with E-state index in [-0.39, 0.29) is 12.1 Å². The van der Waals surface area contributed by atoms with Crippen LogP contribution in [0.4, 0.5) is 0 Å². The van der Waals surface area contributed by atoms with Crippen molar-refractivity contribution in [1.82, 2.24) is 0 Å². The molecule has 3 unspecified atom stereocenters. The van der Waals surface area contributed by atoms with Gasteiger partial charge in [0.15, 0.2) is 0 Å². The normalized spacial score (nSPS) is 20.8. The Morgan fingerprint density at radius 1 is 0.722 bits per heavy atom. The lowest BCUT2D eigenvalue weighted by Crippen LogP contribution is -2.44. The highest BCUT2D eigenvalue weighted by atomic mass is 16.5. The molecule has 0 heterocycles. The zero-order valence-electron chi connectivity index (χ0n) is 24.3. The van der Waals surface area contributed by atoms with Gasteiger partial charge in [0.2, 0.25) is 0 Å². The molecule has 0 aromatic carbocycles. The van der Waals surface area contributed by atoms with Crippen LogP contribution in [-0.4, -0.2) is 23.1 Å². The first-order valence-corrected chi connectivity index (χ1v) is 15.9. The summed E-state index contributed by atoms with van der Waals surface area (Å²) < 4.78 is 6.11. The van der Waals surface area contributed by atoms with Gasteiger partial charge in [-0.15, -0.1) is 0 Å². The van der Waals surface area contributed by atoms with E-state index in [9.17, 15) is 14.7 Å². The van der Waals surface area contributed by atoms with Crippen molar-refractivity contribution in [1.29, 1.82) is 0 Å². The van der Waals surface area contributed by atoms with Crippen molar-refractivity contribution >= 4 is 11.9 Å². The molecule has 3 atom stereocenters. The fourth-order valence-corrected chi connectivity index (χ4v) is 5.89. The number of carbonyl (C=O) groups is 2. The fourth-order valence-electron chi connectivity index (χ4n) is 5.89. The molecule has 0 saturated heterocycles. The first-order chi connectivity index (χ1) is 17.5. The summed E-state index contributed by atoms with van der Waals surface area (Å²) in [6, 6.07) is 0. The molecule has 0 bridgehead atoms. The number of aliphatic carboxylic acids is 1. The van der Waals surface area contributed by atoms with E-state index in [4.69, 9.17) is 4.74 Å². The van der Waals surface area contributed by atoms with E-state index in [0.717, 1.165) is 38.5 Å². The zero-order chi connectivity index (χ0) is 26.5. The van der Waals surface area contributed by atoms with Crippen LogP contribution in [0.3, 0.4) is 0 Å². The molecule has 1 fully saturated rings. The van der Waals surface area contributed by atoms with Crippen molar-refractivity contribution in [3.8, 4) is 0 Å². The summed E-state index contributed by atoms with van der Waals surface area (Å²) in [6.45, 7) is 6.35. The summed E-state index contributed by atoms with van der Waals surface area (Å²) in [6.07, 6.45) is 28.0. The number of carboxylic acids is 1.